The second-order valence-electron chi connectivity index (χ2n) is 4.53. The van der Waals surface area contributed by atoms with Crippen LogP contribution in [0, 0.1) is 0 Å². The molecule has 0 saturated carbocycles. The fourth-order valence-electron chi connectivity index (χ4n) is 0.895. The Morgan fingerprint density at radius 2 is 2.00 bits per heavy atom. The topological polar surface area (TPSA) is 29.5 Å². The Balaban J connectivity index is 4.00. The molecule has 0 aromatic carbocycles. The van der Waals surface area contributed by atoms with E-state index in [2.05, 4.69) is 16.2 Å². The first-order chi connectivity index (χ1) is 6.26. The van der Waals surface area contributed by atoms with Gasteiger partial charge in [-0.05, 0) is 32.9 Å². The first-order valence-corrected chi connectivity index (χ1v) is 5.62. The Morgan fingerprint density at radius 3 is 2.36 bits per heavy atom. The highest BCUT2D eigenvalue weighted by Gasteiger charge is 2.20. The number of hydrogen-bond acceptors (Lipinski definition) is 2. The summed E-state index contributed by atoms with van der Waals surface area (Å²) in [5.41, 5.74) is 0.0287. The zero-order valence-electron chi connectivity index (χ0n) is 9.83. The van der Waals surface area contributed by atoms with Gasteiger partial charge < -0.3 is 9.64 Å². The molecule has 84 valence electrons. The van der Waals surface area contributed by atoms with E-state index in [9.17, 15) is 4.79 Å². The van der Waals surface area contributed by atoms with Crippen LogP contribution >= 0.6 is 9.24 Å². The average molecular weight is 219 g/mol. The molecule has 0 aromatic heterocycles. The summed E-state index contributed by atoms with van der Waals surface area (Å²) in [6.45, 7) is 8.43. The minimum absolute atomic E-state index is 0.251. The molecule has 0 aliphatic carbocycles. The van der Waals surface area contributed by atoms with Gasteiger partial charge >= 0.3 is 6.09 Å². The molecule has 2 unspecified atom stereocenters. The number of carbonyl (C=O) groups is 1. The van der Waals surface area contributed by atoms with Gasteiger partial charge in [-0.25, -0.2) is 4.79 Å². The first kappa shape index (κ1) is 13.7. The van der Waals surface area contributed by atoms with Gasteiger partial charge in [0.15, 0.2) is 0 Å². The van der Waals surface area contributed by atoms with Gasteiger partial charge in [-0.1, -0.05) is 6.92 Å². The van der Waals surface area contributed by atoms with E-state index in [4.69, 9.17) is 4.74 Å². The van der Waals surface area contributed by atoms with E-state index >= 15 is 0 Å². The standard InChI is InChI=1S/C10H22NO2P/c1-6-8(14)7-11(5)9(12)13-10(2,3)4/h8H,6-7,14H2,1-5H3. The van der Waals surface area contributed by atoms with Crippen LogP contribution < -0.4 is 0 Å². The minimum Gasteiger partial charge on any atom is -0.444 e. The summed E-state index contributed by atoms with van der Waals surface area (Å²) in [5, 5.41) is 0. The maximum Gasteiger partial charge on any atom is 0.410 e. The molecule has 0 N–H and O–H groups in total. The van der Waals surface area contributed by atoms with Crippen molar-refractivity contribution >= 4 is 15.3 Å². The lowest BCUT2D eigenvalue weighted by Crippen LogP contribution is -2.37. The summed E-state index contributed by atoms with van der Waals surface area (Å²) < 4.78 is 5.22. The van der Waals surface area contributed by atoms with Crippen LogP contribution in [-0.4, -0.2) is 35.8 Å². The van der Waals surface area contributed by atoms with Crippen LogP contribution in [0.2, 0.25) is 0 Å². The van der Waals surface area contributed by atoms with Crippen LogP contribution in [0.25, 0.3) is 0 Å². The largest absolute Gasteiger partial charge is 0.444 e. The van der Waals surface area contributed by atoms with E-state index in [0.29, 0.717) is 5.66 Å². The Kier molecular flexibility index (Phi) is 5.43. The summed E-state index contributed by atoms with van der Waals surface area (Å²) in [5.74, 6) is 0. The maximum atomic E-state index is 11.5. The van der Waals surface area contributed by atoms with Crippen molar-refractivity contribution in [3.05, 3.63) is 0 Å². The third kappa shape index (κ3) is 6.20. The van der Waals surface area contributed by atoms with Gasteiger partial charge in [0, 0.05) is 13.6 Å². The summed E-state index contributed by atoms with van der Waals surface area (Å²) in [6.07, 6.45) is 0.788. The predicted octanol–water partition coefficient (Wildman–Crippen LogP) is 2.51. The van der Waals surface area contributed by atoms with Gasteiger partial charge in [0.25, 0.3) is 0 Å². The van der Waals surface area contributed by atoms with Crippen LogP contribution in [-0.2, 0) is 4.74 Å². The molecule has 0 aliphatic heterocycles. The fraction of sp³-hybridized carbons (Fsp3) is 0.900. The highest BCUT2D eigenvalue weighted by Crippen LogP contribution is 2.11. The van der Waals surface area contributed by atoms with Gasteiger partial charge in [-0.2, -0.15) is 0 Å². The molecule has 0 spiro atoms. The van der Waals surface area contributed by atoms with Gasteiger partial charge in [0.2, 0.25) is 0 Å². The highest BCUT2D eigenvalue weighted by atomic mass is 31.0. The van der Waals surface area contributed by atoms with Crippen LogP contribution in [0.4, 0.5) is 4.79 Å². The number of nitrogens with zero attached hydrogens (tertiary/aromatic N) is 1. The van der Waals surface area contributed by atoms with Crippen molar-refractivity contribution in [2.45, 2.75) is 45.4 Å². The van der Waals surface area contributed by atoms with Crippen molar-refractivity contribution in [3.8, 4) is 0 Å². The molecular formula is C10H22NO2P. The van der Waals surface area contributed by atoms with E-state index < -0.39 is 5.60 Å². The number of hydrogen-bond donors (Lipinski definition) is 0. The molecule has 0 bridgehead atoms. The van der Waals surface area contributed by atoms with Crippen molar-refractivity contribution in [2.24, 2.45) is 0 Å². The van der Waals surface area contributed by atoms with Gasteiger partial charge in [0.05, 0.1) is 0 Å². The van der Waals surface area contributed by atoms with Crippen LogP contribution in [0.1, 0.15) is 34.1 Å². The molecule has 14 heavy (non-hydrogen) atoms. The maximum absolute atomic E-state index is 11.5. The number of amides is 1. The molecule has 4 heteroatoms. The van der Waals surface area contributed by atoms with E-state index in [0.717, 1.165) is 13.0 Å². The minimum atomic E-state index is -0.409. The number of carbonyl (C=O) groups excluding carboxylic acids is 1. The molecule has 0 aliphatic rings. The van der Waals surface area contributed by atoms with E-state index in [1.165, 1.54) is 0 Å². The Bertz CT molecular complexity index is 189. The molecule has 0 rings (SSSR count). The molecule has 0 saturated heterocycles. The summed E-state index contributed by atoms with van der Waals surface area (Å²) in [4.78, 5) is 13.1. The average Bonchev–Trinajstić information content (AvgIpc) is 2.00. The lowest BCUT2D eigenvalue weighted by molar-refractivity contribution is 0.0299. The monoisotopic (exact) mass is 219 g/mol. The Morgan fingerprint density at radius 1 is 1.50 bits per heavy atom. The predicted molar refractivity (Wildman–Crippen MR) is 62.7 cm³/mol. The lowest BCUT2D eigenvalue weighted by atomic mass is 10.2. The van der Waals surface area contributed by atoms with Crippen LogP contribution in [0.15, 0.2) is 0 Å². The van der Waals surface area contributed by atoms with Crippen molar-refractivity contribution < 1.29 is 9.53 Å². The zero-order chi connectivity index (χ0) is 11.4. The van der Waals surface area contributed by atoms with E-state index in [1.807, 2.05) is 20.8 Å². The molecule has 0 radical (unpaired) electrons. The fourth-order valence-corrected chi connectivity index (χ4v) is 1.21. The molecule has 0 fully saturated rings. The third-order valence-corrected chi connectivity index (χ3v) is 2.42. The normalized spacial score (nSPS) is 13.6. The zero-order valence-corrected chi connectivity index (χ0v) is 11.0. The number of rotatable bonds is 3. The van der Waals surface area contributed by atoms with Crippen molar-refractivity contribution in [3.63, 3.8) is 0 Å². The van der Waals surface area contributed by atoms with Crippen LogP contribution in [0.5, 0.6) is 0 Å². The smallest absolute Gasteiger partial charge is 0.410 e. The molecular weight excluding hydrogens is 197 g/mol. The SMILES string of the molecule is CCC(P)CN(C)C(=O)OC(C)(C)C. The second-order valence-corrected chi connectivity index (χ2v) is 5.47. The van der Waals surface area contributed by atoms with Crippen LogP contribution in [0.3, 0.4) is 0 Å². The lowest BCUT2D eigenvalue weighted by Gasteiger charge is -2.26. The Hall–Kier alpha value is -0.300. The second kappa shape index (κ2) is 5.55. The van der Waals surface area contributed by atoms with Crippen molar-refractivity contribution in [2.75, 3.05) is 13.6 Å². The summed E-state index contributed by atoms with van der Waals surface area (Å²) in [7, 11) is 4.49. The van der Waals surface area contributed by atoms with Gasteiger partial charge in [-0.3, -0.25) is 0 Å². The quantitative estimate of drug-likeness (QED) is 0.682. The molecule has 0 heterocycles. The molecule has 0 aromatic rings. The molecule has 1 amide bonds. The molecule has 3 nitrogen and oxygen atoms in total. The highest BCUT2D eigenvalue weighted by molar-refractivity contribution is 7.17. The first-order valence-electron chi connectivity index (χ1n) is 4.96. The van der Waals surface area contributed by atoms with Gasteiger partial charge in [0.1, 0.15) is 5.60 Å². The van der Waals surface area contributed by atoms with Crippen molar-refractivity contribution in [1.29, 1.82) is 0 Å². The number of ether oxygens (including phenoxy) is 1. The summed E-state index contributed by atoms with van der Waals surface area (Å²) in [6, 6.07) is 0. The summed E-state index contributed by atoms with van der Waals surface area (Å²) >= 11 is 0. The Labute approximate surface area is 89.4 Å². The van der Waals surface area contributed by atoms with E-state index in [1.54, 1.807) is 11.9 Å². The molecule has 2 atom stereocenters. The van der Waals surface area contributed by atoms with E-state index in [-0.39, 0.29) is 6.09 Å². The third-order valence-electron chi connectivity index (χ3n) is 1.74. The van der Waals surface area contributed by atoms with Crippen molar-refractivity contribution in [1.82, 2.24) is 4.90 Å². The van der Waals surface area contributed by atoms with Gasteiger partial charge in [-0.15, -0.1) is 9.24 Å².